The molecule has 0 spiro atoms. The van der Waals surface area contributed by atoms with Crippen molar-refractivity contribution in [3.05, 3.63) is 35.7 Å². The second-order valence-electron chi connectivity index (χ2n) is 4.88. The van der Waals surface area contributed by atoms with Gasteiger partial charge in [-0.15, -0.1) is 10.2 Å². The number of rotatable bonds is 2. The fourth-order valence-corrected chi connectivity index (χ4v) is 3.26. The summed E-state index contributed by atoms with van der Waals surface area (Å²) in [4.78, 5) is 12.3. The Hall–Kier alpha value is -1.82. The highest BCUT2D eigenvalue weighted by atomic mass is 32.2. The third-order valence-electron chi connectivity index (χ3n) is 3.54. The summed E-state index contributed by atoms with van der Waals surface area (Å²) in [5.74, 6) is 0.894. The van der Waals surface area contributed by atoms with Crippen molar-refractivity contribution in [3.8, 4) is 0 Å². The first-order valence-corrected chi connectivity index (χ1v) is 7.44. The lowest BCUT2D eigenvalue weighted by Crippen LogP contribution is -2.24. The van der Waals surface area contributed by atoms with Crippen molar-refractivity contribution >= 4 is 23.4 Å². The smallest absolute Gasteiger partial charge is 0.237 e. The lowest BCUT2D eigenvalue weighted by atomic mass is 10.1. The fraction of sp³-hybridized carbons (Fsp3) is 0.357. The predicted molar refractivity (Wildman–Crippen MR) is 78.8 cm³/mol. The van der Waals surface area contributed by atoms with E-state index < -0.39 is 0 Å². The van der Waals surface area contributed by atoms with Gasteiger partial charge < -0.3 is 9.88 Å². The van der Waals surface area contributed by atoms with Crippen LogP contribution in [0, 0.1) is 6.92 Å². The number of aromatic nitrogens is 3. The molecular formula is C14H16N4OS. The minimum atomic E-state index is -0.135. The maximum absolute atomic E-state index is 12.3. The van der Waals surface area contributed by atoms with Crippen LogP contribution in [0.5, 0.6) is 0 Å². The molecule has 1 aliphatic rings. The van der Waals surface area contributed by atoms with E-state index in [1.54, 1.807) is 0 Å². The van der Waals surface area contributed by atoms with Crippen molar-refractivity contribution in [2.75, 3.05) is 5.32 Å². The molecule has 5 nitrogen and oxygen atoms in total. The molecule has 0 bridgehead atoms. The highest BCUT2D eigenvalue weighted by Crippen LogP contribution is 2.30. The molecule has 6 heteroatoms. The first-order valence-electron chi connectivity index (χ1n) is 6.56. The summed E-state index contributed by atoms with van der Waals surface area (Å²) < 4.78 is 1.91. The predicted octanol–water partition coefficient (Wildman–Crippen LogP) is 2.17. The van der Waals surface area contributed by atoms with Crippen molar-refractivity contribution in [2.45, 2.75) is 30.2 Å². The van der Waals surface area contributed by atoms with Crippen molar-refractivity contribution in [2.24, 2.45) is 7.05 Å². The Labute approximate surface area is 121 Å². The van der Waals surface area contributed by atoms with Gasteiger partial charge in [-0.2, -0.15) is 0 Å². The Bertz CT molecular complexity index is 652. The molecule has 2 heterocycles. The molecule has 1 atom stereocenters. The molecule has 3 rings (SSSR count). The maximum Gasteiger partial charge on any atom is 0.237 e. The van der Waals surface area contributed by atoms with E-state index in [0.29, 0.717) is 0 Å². The molecule has 1 aromatic carbocycles. The average Bonchev–Trinajstić information content (AvgIpc) is 2.67. The summed E-state index contributed by atoms with van der Waals surface area (Å²) in [6.45, 7) is 1.90. The summed E-state index contributed by atoms with van der Waals surface area (Å²) in [7, 11) is 1.92. The second-order valence-corrected chi connectivity index (χ2v) is 6.05. The third kappa shape index (κ3) is 2.43. The minimum Gasteiger partial charge on any atom is -0.325 e. The largest absolute Gasteiger partial charge is 0.325 e. The Kier molecular flexibility index (Phi) is 3.48. The number of anilines is 1. The van der Waals surface area contributed by atoms with Crippen LogP contribution < -0.4 is 5.32 Å². The van der Waals surface area contributed by atoms with Gasteiger partial charge in [0.1, 0.15) is 5.82 Å². The standard InChI is InChI=1S/C14H16N4OS/c1-9-16-17-14(18(9)2)20-12-8-7-10-5-3-4-6-11(10)15-13(12)19/h3-6,12H,7-8H2,1-2H3,(H,15,19)/t12-/m0/s1. The summed E-state index contributed by atoms with van der Waals surface area (Å²) in [5, 5.41) is 11.8. The lowest BCUT2D eigenvalue weighted by molar-refractivity contribution is -0.115. The quantitative estimate of drug-likeness (QED) is 0.920. The zero-order valence-electron chi connectivity index (χ0n) is 11.5. The highest BCUT2D eigenvalue weighted by Gasteiger charge is 2.26. The monoisotopic (exact) mass is 288 g/mol. The zero-order valence-corrected chi connectivity index (χ0v) is 12.3. The van der Waals surface area contributed by atoms with Crippen LogP contribution in [0.2, 0.25) is 0 Å². The van der Waals surface area contributed by atoms with Gasteiger partial charge in [-0.25, -0.2) is 0 Å². The molecule has 2 aromatic rings. The van der Waals surface area contributed by atoms with Gasteiger partial charge in [-0.1, -0.05) is 30.0 Å². The van der Waals surface area contributed by atoms with Gasteiger partial charge in [0.2, 0.25) is 5.91 Å². The number of amides is 1. The van der Waals surface area contributed by atoms with E-state index in [1.165, 1.54) is 17.3 Å². The number of benzene rings is 1. The van der Waals surface area contributed by atoms with E-state index in [4.69, 9.17) is 0 Å². The number of para-hydroxylation sites is 1. The van der Waals surface area contributed by atoms with E-state index in [-0.39, 0.29) is 11.2 Å². The third-order valence-corrected chi connectivity index (χ3v) is 4.84. The Balaban J connectivity index is 1.80. The van der Waals surface area contributed by atoms with Crippen LogP contribution in [0.1, 0.15) is 17.8 Å². The maximum atomic E-state index is 12.3. The van der Waals surface area contributed by atoms with Crippen LogP contribution in [0.15, 0.2) is 29.4 Å². The van der Waals surface area contributed by atoms with Crippen LogP contribution in [0.4, 0.5) is 5.69 Å². The number of carbonyl (C=O) groups excluding carboxylic acids is 1. The SMILES string of the molecule is Cc1nnc(S[C@H]2CCc3ccccc3NC2=O)n1C. The second kappa shape index (κ2) is 5.28. The van der Waals surface area contributed by atoms with Crippen LogP contribution in [0.3, 0.4) is 0 Å². The number of fused-ring (bicyclic) bond motifs is 1. The summed E-state index contributed by atoms with van der Waals surface area (Å²) in [6.07, 6.45) is 1.70. The fourth-order valence-electron chi connectivity index (χ4n) is 2.22. The number of hydrogen-bond donors (Lipinski definition) is 1. The molecule has 0 fully saturated rings. The normalized spacial score (nSPS) is 18.3. The molecular weight excluding hydrogens is 272 g/mol. The van der Waals surface area contributed by atoms with Crippen LogP contribution in [-0.4, -0.2) is 25.9 Å². The van der Waals surface area contributed by atoms with Gasteiger partial charge in [-0.05, 0) is 31.4 Å². The van der Waals surface area contributed by atoms with Gasteiger partial charge in [-0.3, -0.25) is 4.79 Å². The summed E-state index contributed by atoms with van der Waals surface area (Å²) >= 11 is 1.48. The van der Waals surface area contributed by atoms with Gasteiger partial charge >= 0.3 is 0 Å². The number of thioether (sulfide) groups is 1. The van der Waals surface area contributed by atoms with Gasteiger partial charge in [0.15, 0.2) is 5.16 Å². The number of aryl methyl sites for hydroxylation is 2. The minimum absolute atomic E-state index is 0.0422. The molecule has 20 heavy (non-hydrogen) atoms. The molecule has 1 N–H and O–H groups in total. The topological polar surface area (TPSA) is 59.8 Å². The molecule has 0 saturated heterocycles. The van der Waals surface area contributed by atoms with Gasteiger partial charge in [0.25, 0.3) is 0 Å². The van der Waals surface area contributed by atoms with E-state index >= 15 is 0 Å². The Morgan fingerprint density at radius 1 is 1.35 bits per heavy atom. The average molecular weight is 288 g/mol. The Morgan fingerprint density at radius 2 is 2.15 bits per heavy atom. The molecule has 0 saturated carbocycles. The number of nitrogens with zero attached hydrogens (tertiary/aromatic N) is 3. The van der Waals surface area contributed by atoms with Crippen molar-refractivity contribution in [1.82, 2.24) is 14.8 Å². The van der Waals surface area contributed by atoms with E-state index in [0.717, 1.165) is 29.5 Å². The van der Waals surface area contributed by atoms with Crippen molar-refractivity contribution < 1.29 is 4.79 Å². The number of carbonyl (C=O) groups is 1. The number of hydrogen-bond acceptors (Lipinski definition) is 4. The number of nitrogens with one attached hydrogen (secondary N) is 1. The summed E-state index contributed by atoms with van der Waals surface area (Å²) in [5.41, 5.74) is 2.12. The molecule has 104 valence electrons. The van der Waals surface area contributed by atoms with Crippen molar-refractivity contribution in [1.29, 1.82) is 0 Å². The van der Waals surface area contributed by atoms with E-state index in [9.17, 15) is 4.79 Å². The van der Waals surface area contributed by atoms with E-state index in [1.807, 2.05) is 36.7 Å². The van der Waals surface area contributed by atoms with E-state index in [2.05, 4.69) is 21.6 Å². The lowest BCUT2D eigenvalue weighted by Gasteiger charge is -2.11. The highest BCUT2D eigenvalue weighted by molar-refractivity contribution is 8.00. The molecule has 0 radical (unpaired) electrons. The van der Waals surface area contributed by atoms with Crippen LogP contribution >= 0.6 is 11.8 Å². The molecule has 1 aliphatic heterocycles. The molecule has 0 unspecified atom stereocenters. The first-order chi connectivity index (χ1) is 9.65. The zero-order chi connectivity index (χ0) is 14.1. The summed E-state index contributed by atoms with van der Waals surface area (Å²) in [6, 6.07) is 7.96. The van der Waals surface area contributed by atoms with Crippen molar-refractivity contribution in [3.63, 3.8) is 0 Å². The first kappa shape index (κ1) is 13.2. The molecule has 0 aliphatic carbocycles. The van der Waals surface area contributed by atoms with Crippen LogP contribution in [0.25, 0.3) is 0 Å². The van der Waals surface area contributed by atoms with Gasteiger partial charge in [0.05, 0.1) is 5.25 Å². The Morgan fingerprint density at radius 3 is 2.90 bits per heavy atom. The molecule has 1 amide bonds. The molecule has 1 aromatic heterocycles. The van der Waals surface area contributed by atoms with Crippen LogP contribution in [-0.2, 0) is 18.3 Å². The van der Waals surface area contributed by atoms with Gasteiger partial charge in [0, 0.05) is 12.7 Å².